The van der Waals surface area contributed by atoms with Crippen molar-refractivity contribution in [3.8, 4) is 0 Å². The third-order valence-electron chi connectivity index (χ3n) is 8.98. The van der Waals surface area contributed by atoms with Crippen molar-refractivity contribution in [2.75, 3.05) is 0 Å². The van der Waals surface area contributed by atoms with Gasteiger partial charge in [-0.25, -0.2) is 0 Å². The van der Waals surface area contributed by atoms with Crippen LogP contribution in [0.25, 0.3) is 6.08 Å². The number of Topliss-reactive ketones (excluding diaryl/α,β-unsaturated/α-hetero) is 1. The zero-order chi connectivity index (χ0) is 20.6. The Kier molecular flexibility index (Phi) is 4.11. The molecular weight excluding hydrogens is 360 g/mol. The molecule has 0 saturated heterocycles. The van der Waals surface area contributed by atoms with Crippen LogP contribution in [0.15, 0.2) is 23.4 Å². The number of aryl methyl sites for hydroxylation is 2. The second kappa shape index (κ2) is 6.26. The van der Waals surface area contributed by atoms with Crippen molar-refractivity contribution < 1.29 is 9.59 Å². The molecule has 0 amide bonds. The van der Waals surface area contributed by atoms with Gasteiger partial charge in [-0.15, -0.1) is 0 Å². The van der Waals surface area contributed by atoms with Crippen LogP contribution in [0.3, 0.4) is 0 Å². The third-order valence-corrected chi connectivity index (χ3v) is 8.98. The molecule has 0 radical (unpaired) electrons. The van der Waals surface area contributed by atoms with Crippen LogP contribution >= 0.6 is 0 Å². The van der Waals surface area contributed by atoms with Gasteiger partial charge < -0.3 is 0 Å². The average molecular weight is 393 g/mol. The van der Waals surface area contributed by atoms with E-state index in [2.05, 4.69) is 25.0 Å². The van der Waals surface area contributed by atoms with Crippen LogP contribution in [0.1, 0.15) is 70.1 Å². The first-order valence-electron chi connectivity index (χ1n) is 11.2. The van der Waals surface area contributed by atoms with Crippen molar-refractivity contribution in [3.63, 3.8) is 0 Å². The standard InChI is InChI=1S/C25H32N2O2/c1-15-17(14-27(4)26-15)11-16-12-22-20-6-5-18-13-19(28)7-9-24(18,2)21(20)8-10-25(22,3)23(16)29/h11,13-14,20-22H,5-10,12H2,1-4H3/b16-11+/t20-,21+,22+,24+,25+/m0/s1. The van der Waals surface area contributed by atoms with Gasteiger partial charge in [-0.1, -0.05) is 19.4 Å². The zero-order valence-electron chi connectivity index (χ0n) is 18.1. The minimum Gasteiger partial charge on any atom is -0.295 e. The van der Waals surface area contributed by atoms with E-state index in [1.807, 2.05) is 30.9 Å². The molecule has 0 aliphatic heterocycles. The maximum Gasteiger partial charge on any atom is 0.165 e. The van der Waals surface area contributed by atoms with E-state index in [4.69, 9.17) is 0 Å². The molecule has 0 bridgehead atoms. The number of ketones is 2. The van der Waals surface area contributed by atoms with E-state index in [9.17, 15) is 9.59 Å². The highest BCUT2D eigenvalue weighted by Crippen LogP contribution is 2.65. The Morgan fingerprint density at radius 2 is 1.90 bits per heavy atom. The fraction of sp³-hybridized carbons (Fsp3) is 0.640. The molecule has 4 nitrogen and oxygen atoms in total. The number of allylic oxidation sites excluding steroid dienone is 2. The lowest BCUT2D eigenvalue weighted by molar-refractivity contribution is -0.130. The molecule has 154 valence electrons. The molecule has 1 aromatic heterocycles. The predicted octanol–water partition coefficient (Wildman–Crippen LogP) is 4.82. The van der Waals surface area contributed by atoms with E-state index in [1.54, 1.807) is 0 Å². The van der Waals surface area contributed by atoms with Gasteiger partial charge in [0.15, 0.2) is 11.6 Å². The van der Waals surface area contributed by atoms with Crippen LogP contribution in [-0.2, 0) is 16.6 Å². The maximum atomic E-state index is 13.5. The Morgan fingerprint density at radius 1 is 1.10 bits per heavy atom. The minimum atomic E-state index is -0.217. The lowest BCUT2D eigenvalue weighted by Crippen LogP contribution is -2.50. The van der Waals surface area contributed by atoms with Crippen LogP contribution in [-0.4, -0.2) is 21.3 Å². The summed E-state index contributed by atoms with van der Waals surface area (Å²) < 4.78 is 1.83. The highest BCUT2D eigenvalue weighted by Gasteiger charge is 2.60. The van der Waals surface area contributed by atoms with E-state index in [-0.39, 0.29) is 10.8 Å². The minimum absolute atomic E-state index is 0.160. The number of nitrogens with zero attached hydrogens (tertiary/aromatic N) is 2. The van der Waals surface area contributed by atoms with Crippen molar-refractivity contribution in [1.82, 2.24) is 9.78 Å². The van der Waals surface area contributed by atoms with E-state index < -0.39 is 0 Å². The Hall–Kier alpha value is -1.97. The number of carbonyl (C=O) groups is 2. The van der Waals surface area contributed by atoms with Gasteiger partial charge in [-0.2, -0.15) is 5.10 Å². The number of hydrogen-bond acceptors (Lipinski definition) is 3. The number of fused-ring (bicyclic) bond motifs is 5. The molecule has 0 spiro atoms. The molecule has 29 heavy (non-hydrogen) atoms. The van der Waals surface area contributed by atoms with Crippen molar-refractivity contribution in [1.29, 1.82) is 0 Å². The van der Waals surface area contributed by atoms with E-state index in [0.29, 0.717) is 35.7 Å². The quantitative estimate of drug-likeness (QED) is 0.644. The number of carbonyl (C=O) groups excluding carboxylic acids is 2. The molecule has 3 saturated carbocycles. The zero-order valence-corrected chi connectivity index (χ0v) is 18.1. The molecule has 4 aliphatic rings. The predicted molar refractivity (Wildman–Crippen MR) is 113 cm³/mol. The van der Waals surface area contributed by atoms with E-state index in [1.165, 1.54) is 5.57 Å². The fourth-order valence-electron chi connectivity index (χ4n) is 7.31. The molecule has 0 N–H and O–H groups in total. The van der Waals surface area contributed by atoms with Crippen molar-refractivity contribution in [2.45, 2.75) is 65.7 Å². The topological polar surface area (TPSA) is 52.0 Å². The first kappa shape index (κ1) is 19.0. The van der Waals surface area contributed by atoms with Gasteiger partial charge in [-0.3, -0.25) is 14.3 Å². The normalized spacial score (nSPS) is 40.5. The molecule has 0 unspecified atom stereocenters. The summed E-state index contributed by atoms with van der Waals surface area (Å²) in [4.78, 5) is 25.5. The van der Waals surface area contributed by atoms with E-state index >= 15 is 0 Å². The summed E-state index contributed by atoms with van der Waals surface area (Å²) in [5, 5.41) is 4.44. The van der Waals surface area contributed by atoms with Crippen molar-refractivity contribution in [2.24, 2.45) is 35.6 Å². The smallest absolute Gasteiger partial charge is 0.165 e. The molecule has 4 heteroatoms. The first-order valence-corrected chi connectivity index (χ1v) is 11.2. The number of aromatic nitrogens is 2. The summed E-state index contributed by atoms with van der Waals surface area (Å²) in [6, 6.07) is 0. The molecule has 0 aromatic carbocycles. The largest absolute Gasteiger partial charge is 0.295 e. The Labute approximate surface area is 173 Å². The Morgan fingerprint density at radius 3 is 2.62 bits per heavy atom. The summed E-state index contributed by atoms with van der Waals surface area (Å²) in [7, 11) is 1.93. The summed E-state index contributed by atoms with van der Waals surface area (Å²) in [6.07, 6.45) is 12.9. The van der Waals surface area contributed by atoms with Crippen LogP contribution in [0.2, 0.25) is 0 Å². The van der Waals surface area contributed by atoms with E-state index in [0.717, 1.165) is 55.4 Å². The van der Waals surface area contributed by atoms with Crippen LogP contribution < -0.4 is 0 Å². The van der Waals surface area contributed by atoms with Gasteiger partial charge in [0.25, 0.3) is 0 Å². The van der Waals surface area contributed by atoms with Gasteiger partial charge in [0, 0.05) is 30.6 Å². The number of hydrogen-bond donors (Lipinski definition) is 0. The molecular formula is C25H32N2O2. The van der Waals surface area contributed by atoms with Gasteiger partial charge in [-0.05, 0) is 86.3 Å². The lowest BCUT2D eigenvalue weighted by Gasteiger charge is -2.56. The number of rotatable bonds is 1. The highest BCUT2D eigenvalue weighted by atomic mass is 16.1. The maximum absolute atomic E-state index is 13.5. The van der Waals surface area contributed by atoms with Crippen molar-refractivity contribution in [3.05, 3.63) is 34.7 Å². The molecule has 3 fully saturated rings. The molecule has 1 aromatic rings. The Balaban J connectivity index is 1.49. The van der Waals surface area contributed by atoms with Gasteiger partial charge in [0.2, 0.25) is 0 Å². The fourth-order valence-corrected chi connectivity index (χ4v) is 7.31. The SMILES string of the molecule is Cc1nn(C)cc1/C=C1\C[C@@H]2[C@H]3CCC4=CC(=O)CC[C@@]4(C)[C@@H]3CC[C@@]2(C)C1=O. The lowest BCUT2D eigenvalue weighted by atomic mass is 9.47. The average Bonchev–Trinajstić information content (AvgIpc) is 3.12. The Bertz CT molecular complexity index is 967. The second-order valence-corrected chi connectivity index (χ2v) is 10.5. The summed E-state index contributed by atoms with van der Waals surface area (Å²) in [6.45, 7) is 6.64. The van der Waals surface area contributed by atoms with Crippen LogP contribution in [0.4, 0.5) is 0 Å². The summed E-state index contributed by atoms with van der Waals surface area (Å²) in [5.74, 6) is 2.32. The van der Waals surface area contributed by atoms with Crippen LogP contribution in [0, 0.1) is 35.5 Å². The van der Waals surface area contributed by atoms with Crippen LogP contribution in [0.5, 0.6) is 0 Å². The monoisotopic (exact) mass is 392 g/mol. The first-order chi connectivity index (χ1) is 13.7. The molecule has 5 rings (SSSR count). The molecule has 5 atom stereocenters. The van der Waals surface area contributed by atoms with Gasteiger partial charge in [0.1, 0.15) is 0 Å². The molecule has 1 heterocycles. The van der Waals surface area contributed by atoms with Gasteiger partial charge >= 0.3 is 0 Å². The third kappa shape index (κ3) is 2.67. The van der Waals surface area contributed by atoms with Gasteiger partial charge in [0.05, 0.1) is 5.69 Å². The summed E-state index contributed by atoms with van der Waals surface area (Å²) in [5.41, 5.74) is 4.39. The molecule has 4 aliphatic carbocycles. The second-order valence-electron chi connectivity index (χ2n) is 10.5. The van der Waals surface area contributed by atoms with Crippen molar-refractivity contribution >= 4 is 17.6 Å². The summed E-state index contributed by atoms with van der Waals surface area (Å²) >= 11 is 0. The highest BCUT2D eigenvalue weighted by molar-refractivity contribution is 6.06.